The van der Waals surface area contributed by atoms with Gasteiger partial charge in [-0.3, -0.25) is 4.18 Å². The number of fused-ring (bicyclic) bond motifs is 1. The van der Waals surface area contributed by atoms with Crippen LogP contribution in [0.4, 0.5) is 0 Å². The Morgan fingerprint density at radius 1 is 1.46 bits per heavy atom. The molecule has 0 aromatic carbocycles. The lowest BCUT2D eigenvalue weighted by molar-refractivity contribution is 0.164. The lowest BCUT2D eigenvalue weighted by Crippen LogP contribution is -2.40. The van der Waals surface area contributed by atoms with Crippen LogP contribution in [0.2, 0.25) is 0 Å². The van der Waals surface area contributed by atoms with Crippen molar-refractivity contribution in [2.24, 2.45) is 0 Å². The number of piperidine rings is 1. The van der Waals surface area contributed by atoms with Gasteiger partial charge in [0.2, 0.25) is 0 Å². The highest BCUT2D eigenvalue weighted by atomic mass is 32.2. The summed E-state index contributed by atoms with van der Waals surface area (Å²) in [6.45, 7) is 2.61. The summed E-state index contributed by atoms with van der Waals surface area (Å²) in [5.74, 6) is 0. The summed E-state index contributed by atoms with van der Waals surface area (Å²) >= 11 is 0. The maximum absolute atomic E-state index is 11.5. The molecule has 0 radical (unpaired) electrons. The van der Waals surface area contributed by atoms with Crippen molar-refractivity contribution >= 4 is 10.3 Å². The molecule has 0 N–H and O–H groups in total. The molecule has 2 atom stereocenters. The SMILES string of the molecule is CC[C@@H]1OS(=O)(=O)N2CCCC[C@H]12. The first-order valence-corrected chi connectivity index (χ1v) is 6.21. The van der Waals surface area contributed by atoms with Crippen LogP contribution in [0.15, 0.2) is 0 Å². The second-order valence-electron chi connectivity index (χ2n) is 3.67. The van der Waals surface area contributed by atoms with Gasteiger partial charge >= 0.3 is 10.3 Å². The maximum Gasteiger partial charge on any atom is 0.339 e. The average molecular weight is 205 g/mol. The molecular weight excluding hydrogens is 190 g/mol. The van der Waals surface area contributed by atoms with Gasteiger partial charge in [0.25, 0.3) is 0 Å². The fourth-order valence-corrected chi connectivity index (χ4v) is 3.81. The van der Waals surface area contributed by atoms with Gasteiger partial charge in [-0.15, -0.1) is 0 Å². The summed E-state index contributed by atoms with van der Waals surface area (Å²) in [6, 6.07) is 0.115. The molecule has 0 bridgehead atoms. The fraction of sp³-hybridized carbons (Fsp3) is 1.00. The van der Waals surface area contributed by atoms with Crippen LogP contribution in [-0.2, 0) is 14.5 Å². The molecule has 4 nitrogen and oxygen atoms in total. The van der Waals surface area contributed by atoms with Crippen molar-refractivity contribution in [1.82, 2.24) is 4.31 Å². The first-order valence-electron chi connectivity index (χ1n) is 4.85. The molecule has 0 aromatic rings. The van der Waals surface area contributed by atoms with E-state index in [-0.39, 0.29) is 12.1 Å². The van der Waals surface area contributed by atoms with Crippen molar-refractivity contribution in [3.8, 4) is 0 Å². The second-order valence-corrected chi connectivity index (χ2v) is 5.19. The molecule has 0 spiro atoms. The van der Waals surface area contributed by atoms with Crippen LogP contribution < -0.4 is 0 Å². The van der Waals surface area contributed by atoms with Crippen LogP contribution in [0.25, 0.3) is 0 Å². The molecule has 2 rings (SSSR count). The van der Waals surface area contributed by atoms with Crippen LogP contribution in [0.3, 0.4) is 0 Å². The Balaban J connectivity index is 2.25. The Morgan fingerprint density at radius 2 is 2.23 bits per heavy atom. The average Bonchev–Trinajstić information content (AvgIpc) is 2.39. The summed E-state index contributed by atoms with van der Waals surface area (Å²) < 4.78 is 29.5. The Kier molecular flexibility index (Phi) is 2.33. The van der Waals surface area contributed by atoms with Crippen molar-refractivity contribution in [3.63, 3.8) is 0 Å². The van der Waals surface area contributed by atoms with E-state index >= 15 is 0 Å². The highest BCUT2D eigenvalue weighted by Crippen LogP contribution is 2.33. The third kappa shape index (κ3) is 1.49. The van der Waals surface area contributed by atoms with E-state index in [1.165, 1.54) is 4.31 Å². The minimum absolute atomic E-state index is 0.106. The molecule has 2 fully saturated rings. The van der Waals surface area contributed by atoms with E-state index in [1.54, 1.807) is 0 Å². The Labute approximate surface area is 79.1 Å². The first kappa shape index (κ1) is 9.43. The van der Waals surface area contributed by atoms with E-state index < -0.39 is 10.3 Å². The van der Waals surface area contributed by atoms with Crippen LogP contribution in [0.1, 0.15) is 32.6 Å². The van der Waals surface area contributed by atoms with Gasteiger partial charge in [0.15, 0.2) is 0 Å². The topological polar surface area (TPSA) is 46.6 Å². The molecule has 0 aromatic heterocycles. The molecule has 13 heavy (non-hydrogen) atoms. The zero-order valence-corrected chi connectivity index (χ0v) is 8.59. The fourth-order valence-electron chi connectivity index (χ4n) is 2.20. The van der Waals surface area contributed by atoms with Gasteiger partial charge in [0, 0.05) is 6.54 Å². The zero-order chi connectivity index (χ0) is 9.47. The lowest BCUT2D eigenvalue weighted by atomic mass is 9.99. The van der Waals surface area contributed by atoms with Crippen molar-refractivity contribution in [1.29, 1.82) is 0 Å². The van der Waals surface area contributed by atoms with Crippen molar-refractivity contribution < 1.29 is 12.6 Å². The molecule has 5 heteroatoms. The Hall–Kier alpha value is -0.130. The normalized spacial score (nSPS) is 38.8. The molecule has 76 valence electrons. The number of rotatable bonds is 1. The molecule has 2 aliphatic rings. The van der Waals surface area contributed by atoms with Crippen LogP contribution in [-0.4, -0.2) is 31.4 Å². The summed E-state index contributed by atoms with van der Waals surface area (Å²) in [4.78, 5) is 0. The standard InChI is InChI=1S/C8H15NO3S/c1-2-8-7-5-3-4-6-9(7)13(10,11)12-8/h7-8H,2-6H2,1H3/t7-,8+/m1/s1. The molecule has 2 aliphatic heterocycles. The highest BCUT2D eigenvalue weighted by molar-refractivity contribution is 7.84. The van der Waals surface area contributed by atoms with Crippen LogP contribution in [0.5, 0.6) is 0 Å². The van der Waals surface area contributed by atoms with Crippen molar-refractivity contribution in [2.75, 3.05) is 6.54 Å². The third-order valence-electron chi connectivity index (χ3n) is 2.86. The smallest absolute Gasteiger partial charge is 0.253 e. The summed E-state index contributed by atoms with van der Waals surface area (Å²) in [6.07, 6.45) is 3.72. The van der Waals surface area contributed by atoms with Gasteiger partial charge in [-0.05, 0) is 19.3 Å². The molecule has 0 amide bonds. The second kappa shape index (κ2) is 3.22. The van der Waals surface area contributed by atoms with E-state index in [0.29, 0.717) is 6.54 Å². The highest BCUT2D eigenvalue weighted by Gasteiger charge is 2.46. The van der Waals surface area contributed by atoms with Gasteiger partial charge in [-0.1, -0.05) is 13.3 Å². The van der Waals surface area contributed by atoms with E-state index in [1.807, 2.05) is 6.92 Å². The third-order valence-corrected chi connectivity index (χ3v) is 4.38. The van der Waals surface area contributed by atoms with Gasteiger partial charge in [-0.25, -0.2) is 0 Å². The predicted molar refractivity (Wildman–Crippen MR) is 48.4 cm³/mol. The predicted octanol–water partition coefficient (Wildman–Crippen LogP) is 0.895. The number of hydrogen-bond acceptors (Lipinski definition) is 3. The van der Waals surface area contributed by atoms with Crippen LogP contribution >= 0.6 is 0 Å². The van der Waals surface area contributed by atoms with Gasteiger partial charge in [0.1, 0.15) is 0 Å². The summed E-state index contributed by atoms with van der Waals surface area (Å²) in [7, 11) is -3.38. The molecule has 0 saturated carbocycles. The molecular formula is C8H15NO3S. The summed E-state index contributed by atoms with van der Waals surface area (Å²) in [5.41, 5.74) is 0. The monoisotopic (exact) mass is 205 g/mol. The van der Waals surface area contributed by atoms with Gasteiger partial charge in [-0.2, -0.15) is 12.7 Å². The van der Waals surface area contributed by atoms with Crippen molar-refractivity contribution in [3.05, 3.63) is 0 Å². The largest absolute Gasteiger partial charge is 0.339 e. The van der Waals surface area contributed by atoms with E-state index in [9.17, 15) is 8.42 Å². The molecule has 2 saturated heterocycles. The van der Waals surface area contributed by atoms with Gasteiger partial charge < -0.3 is 0 Å². The quantitative estimate of drug-likeness (QED) is 0.639. The Bertz CT molecular complexity index is 288. The van der Waals surface area contributed by atoms with Crippen LogP contribution in [0, 0.1) is 0 Å². The molecule has 0 aliphatic carbocycles. The lowest BCUT2D eigenvalue weighted by Gasteiger charge is -2.27. The molecule has 2 heterocycles. The Morgan fingerprint density at radius 3 is 2.92 bits per heavy atom. The van der Waals surface area contributed by atoms with Gasteiger partial charge in [0.05, 0.1) is 12.1 Å². The maximum atomic E-state index is 11.5. The first-order chi connectivity index (χ1) is 6.15. The summed E-state index contributed by atoms with van der Waals surface area (Å²) in [5, 5.41) is 0. The molecule has 0 unspecified atom stereocenters. The van der Waals surface area contributed by atoms with E-state index in [2.05, 4.69) is 0 Å². The van der Waals surface area contributed by atoms with Crippen molar-refractivity contribution in [2.45, 2.75) is 44.8 Å². The minimum atomic E-state index is -3.38. The zero-order valence-electron chi connectivity index (χ0n) is 7.77. The van der Waals surface area contributed by atoms with E-state index in [0.717, 1.165) is 25.7 Å². The number of hydrogen-bond donors (Lipinski definition) is 0. The minimum Gasteiger partial charge on any atom is -0.253 e. The van der Waals surface area contributed by atoms with E-state index in [4.69, 9.17) is 4.18 Å². The number of nitrogens with zero attached hydrogens (tertiary/aromatic N) is 1.